The molecule has 0 unspecified atom stereocenters. The van der Waals surface area contributed by atoms with E-state index in [0.717, 1.165) is 12.2 Å². The first-order chi connectivity index (χ1) is 8.38. The lowest BCUT2D eigenvalue weighted by molar-refractivity contribution is 0.239. The van der Waals surface area contributed by atoms with Gasteiger partial charge in [-0.05, 0) is 43.6 Å². The van der Waals surface area contributed by atoms with E-state index in [4.69, 9.17) is 5.73 Å². The quantitative estimate of drug-likeness (QED) is 0.871. The molecule has 2 heterocycles. The van der Waals surface area contributed by atoms with Crippen molar-refractivity contribution in [1.82, 2.24) is 9.88 Å². The smallest absolute Gasteiger partial charge is 0.0542 e. The van der Waals surface area contributed by atoms with Crippen LogP contribution in [0.5, 0.6) is 0 Å². The van der Waals surface area contributed by atoms with Gasteiger partial charge in [0.2, 0.25) is 0 Å². The summed E-state index contributed by atoms with van der Waals surface area (Å²) in [6.07, 6.45) is 8.76. The molecular formula is C14H23N3. The van der Waals surface area contributed by atoms with Crippen molar-refractivity contribution >= 4 is 0 Å². The van der Waals surface area contributed by atoms with Crippen LogP contribution in [-0.4, -0.2) is 23.0 Å². The third kappa shape index (κ3) is 4.10. The second kappa shape index (κ2) is 6.72. The Kier molecular flexibility index (Phi) is 4.95. The summed E-state index contributed by atoms with van der Waals surface area (Å²) in [6, 6.07) is 4.25. The second-order valence-electron chi connectivity index (χ2n) is 4.90. The van der Waals surface area contributed by atoms with Crippen molar-refractivity contribution in [2.45, 2.75) is 45.2 Å². The Morgan fingerprint density at radius 1 is 1.12 bits per heavy atom. The SMILES string of the molecule is NCc1cc(CN2CCCCCCC2)ccn1. The molecule has 0 saturated carbocycles. The van der Waals surface area contributed by atoms with Gasteiger partial charge in [-0.1, -0.05) is 19.3 Å². The first-order valence-corrected chi connectivity index (χ1v) is 6.75. The number of rotatable bonds is 3. The third-order valence-corrected chi connectivity index (χ3v) is 3.44. The molecule has 0 radical (unpaired) electrons. The van der Waals surface area contributed by atoms with Crippen LogP contribution in [0.2, 0.25) is 0 Å². The second-order valence-corrected chi connectivity index (χ2v) is 4.90. The van der Waals surface area contributed by atoms with Crippen LogP contribution in [-0.2, 0) is 13.1 Å². The van der Waals surface area contributed by atoms with Gasteiger partial charge in [0.15, 0.2) is 0 Å². The first kappa shape index (κ1) is 12.5. The van der Waals surface area contributed by atoms with E-state index >= 15 is 0 Å². The Morgan fingerprint density at radius 2 is 1.82 bits per heavy atom. The van der Waals surface area contributed by atoms with Gasteiger partial charge in [-0.2, -0.15) is 0 Å². The van der Waals surface area contributed by atoms with Crippen molar-refractivity contribution < 1.29 is 0 Å². The molecule has 3 nitrogen and oxygen atoms in total. The average molecular weight is 233 g/mol. The molecule has 0 atom stereocenters. The van der Waals surface area contributed by atoms with Gasteiger partial charge in [0.05, 0.1) is 5.69 Å². The van der Waals surface area contributed by atoms with E-state index in [2.05, 4.69) is 22.0 Å². The van der Waals surface area contributed by atoms with Gasteiger partial charge in [0, 0.05) is 19.3 Å². The molecule has 1 saturated heterocycles. The molecular weight excluding hydrogens is 210 g/mol. The maximum atomic E-state index is 5.62. The summed E-state index contributed by atoms with van der Waals surface area (Å²) in [4.78, 5) is 6.81. The molecule has 0 aliphatic carbocycles. The Morgan fingerprint density at radius 3 is 2.53 bits per heavy atom. The van der Waals surface area contributed by atoms with Crippen molar-refractivity contribution in [3.8, 4) is 0 Å². The molecule has 2 N–H and O–H groups in total. The van der Waals surface area contributed by atoms with Crippen molar-refractivity contribution in [2.24, 2.45) is 5.73 Å². The molecule has 3 heteroatoms. The van der Waals surface area contributed by atoms with Crippen LogP contribution in [0.3, 0.4) is 0 Å². The molecule has 0 spiro atoms. The van der Waals surface area contributed by atoms with Gasteiger partial charge in [-0.25, -0.2) is 0 Å². The van der Waals surface area contributed by atoms with Gasteiger partial charge >= 0.3 is 0 Å². The van der Waals surface area contributed by atoms with Crippen molar-refractivity contribution in [2.75, 3.05) is 13.1 Å². The Bertz CT molecular complexity index is 330. The van der Waals surface area contributed by atoms with Crippen LogP contribution in [0.25, 0.3) is 0 Å². The Labute approximate surface area is 104 Å². The molecule has 1 aromatic rings. The number of hydrogen-bond donors (Lipinski definition) is 1. The highest BCUT2D eigenvalue weighted by molar-refractivity contribution is 5.16. The van der Waals surface area contributed by atoms with Crippen LogP contribution in [0, 0.1) is 0 Å². The normalized spacial score (nSPS) is 18.6. The van der Waals surface area contributed by atoms with E-state index in [-0.39, 0.29) is 0 Å². The lowest BCUT2D eigenvalue weighted by atomic mass is 10.1. The molecule has 1 aromatic heterocycles. The van der Waals surface area contributed by atoms with Crippen LogP contribution in [0.1, 0.15) is 43.4 Å². The van der Waals surface area contributed by atoms with E-state index in [9.17, 15) is 0 Å². The zero-order valence-corrected chi connectivity index (χ0v) is 10.6. The van der Waals surface area contributed by atoms with E-state index in [1.54, 1.807) is 0 Å². The van der Waals surface area contributed by atoms with Crippen molar-refractivity contribution in [3.05, 3.63) is 29.6 Å². The number of nitrogens with zero attached hydrogens (tertiary/aromatic N) is 2. The molecule has 17 heavy (non-hydrogen) atoms. The summed E-state index contributed by atoms with van der Waals surface area (Å²) in [6.45, 7) is 4.06. The third-order valence-electron chi connectivity index (χ3n) is 3.44. The van der Waals surface area contributed by atoms with Crippen molar-refractivity contribution in [3.63, 3.8) is 0 Å². The first-order valence-electron chi connectivity index (χ1n) is 6.75. The van der Waals surface area contributed by atoms with Gasteiger partial charge in [0.1, 0.15) is 0 Å². The summed E-state index contributed by atoms with van der Waals surface area (Å²) in [5.74, 6) is 0. The Hall–Kier alpha value is -0.930. The molecule has 0 aromatic carbocycles. The largest absolute Gasteiger partial charge is 0.325 e. The lowest BCUT2D eigenvalue weighted by Gasteiger charge is -2.24. The monoisotopic (exact) mass is 233 g/mol. The predicted octanol–water partition coefficient (Wildman–Crippen LogP) is 2.31. The summed E-state index contributed by atoms with van der Waals surface area (Å²) in [5.41, 5.74) is 7.96. The van der Waals surface area contributed by atoms with Gasteiger partial charge in [-0.15, -0.1) is 0 Å². The van der Waals surface area contributed by atoms with E-state index in [0.29, 0.717) is 6.54 Å². The average Bonchev–Trinajstić information content (AvgIpc) is 2.33. The van der Waals surface area contributed by atoms with Crippen LogP contribution >= 0.6 is 0 Å². The number of nitrogens with two attached hydrogens (primary N) is 1. The highest BCUT2D eigenvalue weighted by Crippen LogP contribution is 2.13. The summed E-state index contributed by atoms with van der Waals surface area (Å²) >= 11 is 0. The maximum absolute atomic E-state index is 5.62. The maximum Gasteiger partial charge on any atom is 0.0542 e. The molecule has 94 valence electrons. The minimum absolute atomic E-state index is 0.536. The number of hydrogen-bond acceptors (Lipinski definition) is 3. The van der Waals surface area contributed by atoms with Crippen LogP contribution in [0.15, 0.2) is 18.3 Å². The topological polar surface area (TPSA) is 42.1 Å². The number of aromatic nitrogens is 1. The fraction of sp³-hybridized carbons (Fsp3) is 0.643. The van der Waals surface area contributed by atoms with Gasteiger partial charge in [0.25, 0.3) is 0 Å². The summed E-state index contributed by atoms with van der Waals surface area (Å²) in [5, 5.41) is 0. The Balaban J connectivity index is 1.93. The number of pyridine rings is 1. The van der Waals surface area contributed by atoms with Gasteiger partial charge < -0.3 is 5.73 Å². The van der Waals surface area contributed by atoms with Crippen LogP contribution in [0.4, 0.5) is 0 Å². The fourth-order valence-electron chi connectivity index (χ4n) is 2.47. The van der Waals surface area contributed by atoms with Gasteiger partial charge in [-0.3, -0.25) is 9.88 Å². The zero-order chi connectivity index (χ0) is 11.9. The molecule has 1 aliphatic heterocycles. The lowest BCUT2D eigenvalue weighted by Crippen LogP contribution is -2.27. The highest BCUT2D eigenvalue weighted by atomic mass is 15.1. The summed E-state index contributed by atoms with van der Waals surface area (Å²) in [7, 11) is 0. The molecule has 0 amide bonds. The minimum atomic E-state index is 0.536. The minimum Gasteiger partial charge on any atom is -0.325 e. The molecule has 1 aliphatic rings. The van der Waals surface area contributed by atoms with E-state index in [1.807, 2.05) is 6.20 Å². The molecule has 0 bridgehead atoms. The zero-order valence-electron chi connectivity index (χ0n) is 10.6. The van der Waals surface area contributed by atoms with Crippen LogP contribution < -0.4 is 5.73 Å². The fourth-order valence-corrected chi connectivity index (χ4v) is 2.47. The van der Waals surface area contributed by atoms with Crippen molar-refractivity contribution in [1.29, 1.82) is 0 Å². The molecule has 2 rings (SSSR count). The predicted molar refractivity (Wildman–Crippen MR) is 70.5 cm³/mol. The van der Waals surface area contributed by atoms with E-state index < -0.39 is 0 Å². The summed E-state index contributed by atoms with van der Waals surface area (Å²) < 4.78 is 0. The molecule has 1 fully saturated rings. The highest BCUT2D eigenvalue weighted by Gasteiger charge is 2.08. The number of likely N-dealkylation sites (tertiary alicyclic amines) is 1. The van der Waals surface area contributed by atoms with E-state index in [1.165, 1.54) is 50.8 Å². The standard InChI is InChI=1S/C14H23N3/c15-11-14-10-13(6-7-16-14)12-17-8-4-2-1-3-5-9-17/h6-7,10H,1-5,8-9,11-12,15H2.